The van der Waals surface area contributed by atoms with Gasteiger partial charge in [-0.15, -0.1) is 0 Å². The van der Waals surface area contributed by atoms with E-state index in [-0.39, 0.29) is 17.6 Å². The molecule has 4 heterocycles. The van der Waals surface area contributed by atoms with E-state index in [1.165, 1.54) is 19.4 Å². The molecule has 5 rings (SSSR count). The number of hydrogen-bond acceptors (Lipinski definition) is 4. The summed E-state index contributed by atoms with van der Waals surface area (Å²) < 4.78 is 8.71. The van der Waals surface area contributed by atoms with Gasteiger partial charge in [-0.2, -0.15) is 0 Å². The topological polar surface area (TPSA) is 50.6 Å². The fourth-order valence-corrected chi connectivity index (χ4v) is 4.77. The van der Waals surface area contributed by atoms with Crippen molar-refractivity contribution in [1.82, 2.24) is 19.4 Å². The molecule has 1 atom stereocenters. The van der Waals surface area contributed by atoms with Gasteiger partial charge in [0, 0.05) is 45.1 Å². The van der Waals surface area contributed by atoms with Crippen LogP contribution in [0, 0.1) is 5.92 Å². The number of ether oxygens (including phenoxy) is 1. The fraction of sp³-hybridized carbons (Fsp3) is 0.789. The molecular formula is C19H28N4O2. The third kappa shape index (κ3) is 2.89. The van der Waals surface area contributed by atoms with Crippen molar-refractivity contribution in [1.29, 1.82) is 0 Å². The summed E-state index contributed by atoms with van der Waals surface area (Å²) >= 11 is 0. The zero-order chi connectivity index (χ0) is 16.9. The number of rotatable bonds is 3. The lowest BCUT2D eigenvalue weighted by atomic mass is 9.88. The van der Waals surface area contributed by atoms with Crippen LogP contribution in [0.2, 0.25) is 0 Å². The number of piperidine rings is 1. The number of aromatic nitrogens is 2. The van der Waals surface area contributed by atoms with Gasteiger partial charge in [-0.3, -0.25) is 4.79 Å². The number of likely N-dealkylation sites (tertiary alicyclic amines) is 2. The summed E-state index contributed by atoms with van der Waals surface area (Å²) in [5, 5.41) is 0. The van der Waals surface area contributed by atoms with Gasteiger partial charge in [-0.1, -0.05) is 0 Å². The Morgan fingerprint density at radius 3 is 2.68 bits per heavy atom. The highest BCUT2D eigenvalue weighted by atomic mass is 16.5. The van der Waals surface area contributed by atoms with Crippen molar-refractivity contribution in [2.45, 2.75) is 56.8 Å². The second-order valence-corrected chi connectivity index (χ2v) is 8.28. The van der Waals surface area contributed by atoms with Crippen LogP contribution < -0.4 is 0 Å². The molecule has 136 valence electrons. The molecule has 1 amide bonds. The van der Waals surface area contributed by atoms with Crippen LogP contribution in [-0.2, 0) is 21.7 Å². The van der Waals surface area contributed by atoms with E-state index in [0.717, 1.165) is 63.6 Å². The Morgan fingerprint density at radius 1 is 1.20 bits per heavy atom. The molecule has 3 aliphatic heterocycles. The first-order valence-corrected chi connectivity index (χ1v) is 9.94. The molecule has 2 saturated heterocycles. The molecule has 6 heteroatoms. The predicted molar refractivity (Wildman–Crippen MR) is 93.0 cm³/mol. The van der Waals surface area contributed by atoms with Crippen molar-refractivity contribution in [3.63, 3.8) is 0 Å². The highest BCUT2D eigenvalue weighted by Gasteiger charge is 2.48. The third-order valence-corrected chi connectivity index (χ3v) is 6.42. The van der Waals surface area contributed by atoms with Gasteiger partial charge in [0.2, 0.25) is 0 Å². The van der Waals surface area contributed by atoms with Gasteiger partial charge >= 0.3 is 0 Å². The quantitative estimate of drug-likeness (QED) is 0.836. The van der Waals surface area contributed by atoms with Crippen LogP contribution in [0.5, 0.6) is 0 Å². The molecule has 1 spiro atoms. The average molecular weight is 344 g/mol. The molecule has 0 bridgehead atoms. The van der Waals surface area contributed by atoms with Gasteiger partial charge in [0.15, 0.2) is 6.10 Å². The number of nitrogens with zero attached hydrogens (tertiary/aromatic N) is 4. The van der Waals surface area contributed by atoms with Crippen molar-refractivity contribution in [3.8, 4) is 0 Å². The Morgan fingerprint density at radius 2 is 1.96 bits per heavy atom. The summed E-state index contributed by atoms with van der Waals surface area (Å²) in [7, 11) is 0. The summed E-state index contributed by atoms with van der Waals surface area (Å²) in [5.41, 5.74) is -0.373. The van der Waals surface area contributed by atoms with Crippen LogP contribution in [0.4, 0.5) is 0 Å². The molecule has 0 radical (unpaired) electrons. The van der Waals surface area contributed by atoms with Crippen LogP contribution in [0.15, 0.2) is 12.4 Å². The van der Waals surface area contributed by atoms with Crippen LogP contribution in [0.1, 0.15) is 44.3 Å². The summed E-state index contributed by atoms with van der Waals surface area (Å²) in [4.78, 5) is 22.1. The zero-order valence-electron chi connectivity index (χ0n) is 14.9. The van der Waals surface area contributed by atoms with Crippen LogP contribution in [0.3, 0.4) is 0 Å². The van der Waals surface area contributed by atoms with Gasteiger partial charge in [0.05, 0.1) is 6.54 Å². The van der Waals surface area contributed by atoms with Crippen molar-refractivity contribution in [3.05, 3.63) is 18.2 Å². The van der Waals surface area contributed by atoms with Gasteiger partial charge in [-0.05, 0) is 44.4 Å². The lowest BCUT2D eigenvalue weighted by Gasteiger charge is -2.46. The van der Waals surface area contributed by atoms with Gasteiger partial charge < -0.3 is 19.1 Å². The van der Waals surface area contributed by atoms with Gasteiger partial charge in [-0.25, -0.2) is 4.98 Å². The lowest BCUT2D eigenvalue weighted by molar-refractivity contribution is -0.180. The van der Waals surface area contributed by atoms with E-state index in [4.69, 9.17) is 4.74 Å². The average Bonchev–Trinajstić information content (AvgIpc) is 3.11. The number of imidazole rings is 1. The molecule has 1 unspecified atom stereocenters. The smallest absolute Gasteiger partial charge is 0.253 e. The summed E-state index contributed by atoms with van der Waals surface area (Å²) in [6, 6.07) is 0. The molecule has 0 N–H and O–H groups in total. The first-order chi connectivity index (χ1) is 12.2. The minimum Gasteiger partial charge on any atom is -0.352 e. The largest absolute Gasteiger partial charge is 0.352 e. The Hall–Kier alpha value is -1.40. The van der Waals surface area contributed by atoms with E-state index in [1.807, 2.05) is 17.3 Å². The van der Waals surface area contributed by atoms with E-state index in [2.05, 4.69) is 14.5 Å². The normalized spacial score (nSPS) is 29.1. The highest BCUT2D eigenvalue weighted by molar-refractivity contribution is 5.81. The molecule has 1 aromatic heterocycles. The first kappa shape index (κ1) is 15.8. The number of carbonyl (C=O) groups excluding carboxylic acids is 1. The molecule has 4 aliphatic rings. The second-order valence-electron chi connectivity index (χ2n) is 8.28. The Bertz CT molecular complexity index is 640. The van der Waals surface area contributed by atoms with E-state index in [9.17, 15) is 4.79 Å². The SMILES string of the molecule is O=C(C1Cn2ccnc2C2(CCN(CC3CC3)CC2)O1)N1CCCC1. The maximum absolute atomic E-state index is 12.9. The standard InChI is InChI=1S/C19H28N4O2/c24-17(22-8-1-2-9-22)16-14-23-12-7-20-18(23)19(25-16)5-10-21(11-6-19)13-15-3-4-15/h7,12,15-16H,1-6,8-11,13-14H2. The minimum atomic E-state index is -0.373. The number of carbonyl (C=O) groups is 1. The molecule has 1 saturated carbocycles. The van der Waals surface area contributed by atoms with Crippen LogP contribution >= 0.6 is 0 Å². The van der Waals surface area contributed by atoms with Crippen molar-refractivity contribution in [2.24, 2.45) is 5.92 Å². The second kappa shape index (κ2) is 6.09. The predicted octanol–water partition coefficient (Wildman–Crippen LogP) is 1.61. The summed E-state index contributed by atoms with van der Waals surface area (Å²) in [6.07, 6.45) is 10.5. The number of amides is 1. The van der Waals surface area contributed by atoms with Crippen molar-refractivity contribution >= 4 is 5.91 Å². The van der Waals surface area contributed by atoms with E-state index < -0.39 is 0 Å². The molecule has 1 aromatic rings. The fourth-order valence-electron chi connectivity index (χ4n) is 4.77. The Labute approximate surface area is 149 Å². The van der Waals surface area contributed by atoms with Crippen LogP contribution in [0.25, 0.3) is 0 Å². The minimum absolute atomic E-state index is 0.177. The Kier molecular flexibility index (Phi) is 3.86. The van der Waals surface area contributed by atoms with E-state index in [0.29, 0.717) is 6.54 Å². The maximum Gasteiger partial charge on any atom is 0.253 e. The molecule has 3 fully saturated rings. The summed E-state index contributed by atoms with van der Waals surface area (Å²) in [6.45, 7) is 5.72. The molecule has 6 nitrogen and oxygen atoms in total. The molecule has 25 heavy (non-hydrogen) atoms. The first-order valence-electron chi connectivity index (χ1n) is 9.94. The van der Waals surface area contributed by atoms with E-state index >= 15 is 0 Å². The van der Waals surface area contributed by atoms with Gasteiger partial charge in [0.1, 0.15) is 11.4 Å². The monoisotopic (exact) mass is 344 g/mol. The Balaban J connectivity index is 1.34. The summed E-state index contributed by atoms with van der Waals surface area (Å²) in [5.74, 6) is 2.13. The maximum atomic E-state index is 12.9. The number of fused-ring (bicyclic) bond motifs is 2. The van der Waals surface area contributed by atoms with Crippen molar-refractivity contribution in [2.75, 3.05) is 32.7 Å². The molecule has 1 aliphatic carbocycles. The highest BCUT2D eigenvalue weighted by Crippen LogP contribution is 2.41. The number of hydrogen-bond donors (Lipinski definition) is 0. The molecular weight excluding hydrogens is 316 g/mol. The third-order valence-electron chi connectivity index (χ3n) is 6.42. The van der Waals surface area contributed by atoms with Crippen molar-refractivity contribution < 1.29 is 9.53 Å². The zero-order valence-corrected chi connectivity index (χ0v) is 14.9. The lowest BCUT2D eigenvalue weighted by Crippen LogP contribution is -2.54. The molecule has 0 aromatic carbocycles. The van der Waals surface area contributed by atoms with Crippen LogP contribution in [-0.4, -0.2) is 64.1 Å². The van der Waals surface area contributed by atoms with E-state index in [1.54, 1.807) is 0 Å². The van der Waals surface area contributed by atoms with Gasteiger partial charge in [0.25, 0.3) is 5.91 Å².